The summed E-state index contributed by atoms with van der Waals surface area (Å²) in [6.45, 7) is 10.4. The zero-order valence-electron chi connectivity index (χ0n) is 18.4. The summed E-state index contributed by atoms with van der Waals surface area (Å²) >= 11 is 0. The highest BCUT2D eigenvalue weighted by Crippen LogP contribution is 2.36. The number of pyridine rings is 1. The van der Waals surface area contributed by atoms with Gasteiger partial charge in [-0.2, -0.15) is 0 Å². The van der Waals surface area contributed by atoms with Gasteiger partial charge in [0.25, 0.3) is 0 Å². The molecule has 5 heteroatoms. The van der Waals surface area contributed by atoms with Crippen molar-refractivity contribution in [3.8, 4) is 0 Å². The molecule has 2 aromatic rings. The van der Waals surface area contributed by atoms with Crippen molar-refractivity contribution >= 4 is 11.7 Å². The highest BCUT2D eigenvalue weighted by atomic mass is 16.2. The molecule has 0 saturated carbocycles. The van der Waals surface area contributed by atoms with E-state index in [0.717, 1.165) is 44.1 Å². The number of rotatable bonds is 5. The average Bonchev–Trinajstić information content (AvgIpc) is 2.68. The van der Waals surface area contributed by atoms with Crippen molar-refractivity contribution in [3.63, 3.8) is 0 Å². The summed E-state index contributed by atoms with van der Waals surface area (Å²) in [5.41, 5.74) is 2.19. The second-order valence-corrected chi connectivity index (χ2v) is 9.28. The van der Waals surface area contributed by atoms with Crippen molar-refractivity contribution in [2.45, 2.75) is 33.2 Å². The Balaban J connectivity index is 1.65. The van der Waals surface area contributed by atoms with Gasteiger partial charge in [0.05, 0.1) is 5.92 Å². The third-order valence-corrected chi connectivity index (χ3v) is 5.47. The van der Waals surface area contributed by atoms with Crippen molar-refractivity contribution in [3.05, 3.63) is 59.8 Å². The lowest BCUT2D eigenvalue weighted by atomic mass is 9.75. The summed E-state index contributed by atoms with van der Waals surface area (Å²) in [4.78, 5) is 24.5. The highest BCUT2D eigenvalue weighted by Gasteiger charge is 2.36. The number of hydrogen-bond donors (Lipinski definition) is 0. The molecule has 1 aliphatic rings. The average molecular weight is 395 g/mol. The van der Waals surface area contributed by atoms with Gasteiger partial charge in [-0.1, -0.05) is 57.2 Å². The summed E-state index contributed by atoms with van der Waals surface area (Å²) < 4.78 is 0. The van der Waals surface area contributed by atoms with Crippen LogP contribution in [0.5, 0.6) is 0 Å². The van der Waals surface area contributed by atoms with Gasteiger partial charge in [0.2, 0.25) is 5.91 Å². The van der Waals surface area contributed by atoms with E-state index in [1.807, 2.05) is 29.3 Å². The molecule has 3 rings (SSSR count). The molecular weight excluding hydrogens is 360 g/mol. The number of benzene rings is 1. The molecule has 1 amide bonds. The zero-order valence-corrected chi connectivity index (χ0v) is 18.4. The van der Waals surface area contributed by atoms with Crippen molar-refractivity contribution < 1.29 is 4.79 Å². The minimum atomic E-state index is -0.126. The summed E-state index contributed by atoms with van der Waals surface area (Å²) in [7, 11) is 4.12. The smallest absolute Gasteiger partial charge is 0.230 e. The lowest BCUT2D eigenvalue weighted by Crippen LogP contribution is -2.51. The van der Waals surface area contributed by atoms with Gasteiger partial charge in [0.1, 0.15) is 5.82 Å². The first-order valence-corrected chi connectivity index (χ1v) is 10.4. The van der Waals surface area contributed by atoms with Crippen LogP contribution in [0.1, 0.15) is 37.8 Å². The van der Waals surface area contributed by atoms with Crippen LogP contribution in [-0.4, -0.2) is 61.0 Å². The third-order valence-electron chi connectivity index (χ3n) is 5.47. The number of aromatic nitrogens is 1. The summed E-state index contributed by atoms with van der Waals surface area (Å²) in [6, 6.07) is 14.4. The molecule has 1 saturated heterocycles. The largest absolute Gasteiger partial charge is 0.353 e. The number of anilines is 1. The Morgan fingerprint density at radius 1 is 1.03 bits per heavy atom. The van der Waals surface area contributed by atoms with E-state index in [1.54, 1.807) is 0 Å². The second kappa shape index (κ2) is 8.95. The number of hydrogen-bond acceptors (Lipinski definition) is 4. The van der Waals surface area contributed by atoms with E-state index in [9.17, 15) is 4.79 Å². The van der Waals surface area contributed by atoms with Crippen molar-refractivity contribution in [1.29, 1.82) is 0 Å². The first-order chi connectivity index (χ1) is 13.8. The molecule has 5 nitrogen and oxygen atoms in total. The van der Waals surface area contributed by atoms with Crippen LogP contribution >= 0.6 is 0 Å². The molecule has 1 fully saturated rings. The maximum absolute atomic E-state index is 13.4. The molecule has 0 spiro atoms. The first-order valence-electron chi connectivity index (χ1n) is 10.4. The number of amides is 1. The van der Waals surface area contributed by atoms with Crippen LogP contribution in [0, 0.1) is 5.41 Å². The van der Waals surface area contributed by atoms with E-state index in [-0.39, 0.29) is 17.2 Å². The van der Waals surface area contributed by atoms with Gasteiger partial charge >= 0.3 is 0 Å². The van der Waals surface area contributed by atoms with Crippen LogP contribution < -0.4 is 4.90 Å². The number of carbonyl (C=O) groups is 1. The Hall–Kier alpha value is -2.40. The fourth-order valence-corrected chi connectivity index (χ4v) is 4.06. The maximum atomic E-state index is 13.4. The van der Waals surface area contributed by atoms with Crippen molar-refractivity contribution in [2.24, 2.45) is 5.41 Å². The normalized spacial score (nSPS) is 16.2. The Morgan fingerprint density at radius 3 is 2.21 bits per heavy atom. The molecule has 1 aliphatic heterocycles. The molecule has 156 valence electrons. The van der Waals surface area contributed by atoms with Crippen LogP contribution in [0.15, 0.2) is 48.7 Å². The van der Waals surface area contributed by atoms with E-state index in [4.69, 9.17) is 0 Å². The van der Waals surface area contributed by atoms with Gasteiger partial charge in [0.15, 0.2) is 0 Å². The van der Waals surface area contributed by atoms with Crippen LogP contribution in [0.2, 0.25) is 0 Å². The fourth-order valence-electron chi connectivity index (χ4n) is 4.06. The number of nitrogens with zero attached hydrogens (tertiary/aromatic N) is 4. The topological polar surface area (TPSA) is 39.7 Å². The van der Waals surface area contributed by atoms with Crippen LogP contribution in [0.25, 0.3) is 0 Å². The molecule has 1 aromatic heterocycles. The first kappa shape index (κ1) is 21.3. The van der Waals surface area contributed by atoms with Gasteiger partial charge < -0.3 is 14.7 Å². The monoisotopic (exact) mass is 394 g/mol. The van der Waals surface area contributed by atoms with Crippen molar-refractivity contribution in [1.82, 2.24) is 14.8 Å². The van der Waals surface area contributed by atoms with E-state index in [1.165, 1.54) is 5.56 Å². The lowest BCUT2D eigenvalue weighted by molar-refractivity contribution is -0.135. The van der Waals surface area contributed by atoms with E-state index >= 15 is 0 Å². The number of carbonyl (C=O) groups excluding carboxylic acids is 1. The van der Waals surface area contributed by atoms with E-state index < -0.39 is 0 Å². The Morgan fingerprint density at radius 2 is 1.69 bits per heavy atom. The minimum absolute atomic E-state index is 0.126. The predicted molar refractivity (Wildman–Crippen MR) is 119 cm³/mol. The molecule has 0 N–H and O–H groups in total. The van der Waals surface area contributed by atoms with Crippen molar-refractivity contribution in [2.75, 3.05) is 45.2 Å². The van der Waals surface area contributed by atoms with Gasteiger partial charge in [0, 0.05) is 38.9 Å². The van der Waals surface area contributed by atoms with Crippen LogP contribution in [-0.2, 0) is 11.3 Å². The summed E-state index contributed by atoms with van der Waals surface area (Å²) in [5.74, 6) is 1.10. The Kier molecular flexibility index (Phi) is 6.58. The zero-order chi connectivity index (χ0) is 21.0. The highest BCUT2D eigenvalue weighted by molar-refractivity contribution is 5.85. The van der Waals surface area contributed by atoms with Gasteiger partial charge in [-0.15, -0.1) is 0 Å². The van der Waals surface area contributed by atoms with Gasteiger partial charge in [-0.25, -0.2) is 4.98 Å². The fraction of sp³-hybridized carbons (Fsp3) is 0.500. The predicted octanol–water partition coefficient (Wildman–Crippen LogP) is 3.62. The van der Waals surface area contributed by atoms with E-state index in [0.29, 0.717) is 0 Å². The molecule has 2 heterocycles. The lowest BCUT2D eigenvalue weighted by Gasteiger charge is -2.40. The van der Waals surface area contributed by atoms with Crippen LogP contribution in [0.4, 0.5) is 5.82 Å². The minimum Gasteiger partial charge on any atom is -0.353 e. The third kappa shape index (κ3) is 5.36. The molecule has 29 heavy (non-hydrogen) atoms. The molecule has 0 radical (unpaired) electrons. The molecule has 0 bridgehead atoms. The molecule has 1 aromatic carbocycles. The molecule has 1 atom stereocenters. The quantitative estimate of drug-likeness (QED) is 0.777. The maximum Gasteiger partial charge on any atom is 0.230 e. The molecule has 1 unspecified atom stereocenters. The second-order valence-electron chi connectivity index (χ2n) is 9.28. The Bertz CT molecular complexity index is 788. The van der Waals surface area contributed by atoms with Gasteiger partial charge in [-0.05, 0) is 36.7 Å². The van der Waals surface area contributed by atoms with E-state index in [2.05, 4.69) is 73.9 Å². The summed E-state index contributed by atoms with van der Waals surface area (Å²) in [6.07, 6.45) is 1.96. The van der Waals surface area contributed by atoms with Gasteiger partial charge in [-0.3, -0.25) is 4.79 Å². The SMILES string of the molecule is CN(C)Cc1ccc(N2CCN(C(=O)C(c3ccccc3)C(C)(C)C)CC2)nc1. The van der Waals surface area contributed by atoms with Crippen LogP contribution in [0.3, 0.4) is 0 Å². The Labute approximate surface area is 175 Å². The molecule has 0 aliphatic carbocycles. The standard InChI is InChI=1S/C24H34N4O/c1-24(2,3)22(20-9-7-6-8-10-20)23(29)28-15-13-27(14-16-28)21-12-11-19(17-25-21)18-26(4)5/h6-12,17,22H,13-16,18H2,1-5H3. The number of piperazine rings is 1. The summed E-state index contributed by atoms with van der Waals surface area (Å²) in [5, 5.41) is 0. The molecular formula is C24H34N4O.